The lowest BCUT2D eigenvalue weighted by molar-refractivity contribution is 0.0951. The molecule has 1 amide bonds. The molecule has 1 aromatic heterocycles. The van der Waals surface area contributed by atoms with Crippen LogP contribution in [0.1, 0.15) is 23.0 Å². The number of hydrogen-bond donors (Lipinski definition) is 2. The summed E-state index contributed by atoms with van der Waals surface area (Å²) in [5, 5.41) is 4.71. The van der Waals surface area contributed by atoms with Crippen molar-refractivity contribution in [1.29, 1.82) is 0 Å². The SMILES string of the molecule is CCOc1ccc(/C=N/NC(=O)c2cc3c(OC)c(OC)c(OC)cc3[nH]2)cc1. The minimum Gasteiger partial charge on any atom is -0.494 e. The van der Waals surface area contributed by atoms with Gasteiger partial charge in [-0.2, -0.15) is 5.10 Å². The van der Waals surface area contributed by atoms with E-state index in [0.717, 1.165) is 11.3 Å². The minimum atomic E-state index is -0.386. The Kier molecular flexibility index (Phi) is 6.23. The van der Waals surface area contributed by atoms with Gasteiger partial charge < -0.3 is 23.9 Å². The summed E-state index contributed by atoms with van der Waals surface area (Å²) in [6.07, 6.45) is 1.56. The average molecular weight is 397 g/mol. The van der Waals surface area contributed by atoms with Crippen molar-refractivity contribution in [1.82, 2.24) is 10.4 Å². The first-order chi connectivity index (χ1) is 14.1. The Balaban J connectivity index is 1.78. The van der Waals surface area contributed by atoms with E-state index in [1.54, 1.807) is 18.3 Å². The van der Waals surface area contributed by atoms with E-state index in [9.17, 15) is 4.79 Å². The number of fused-ring (bicyclic) bond motifs is 1. The van der Waals surface area contributed by atoms with Crippen LogP contribution in [0.4, 0.5) is 0 Å². The number of nitrogens with zero attached hydrogens (tertiary/aromatic N) is 1. The number of aromatic amines is 1. The smallest absolute Gasteiger partial charge is 0.287 e. The fraction of sp³-hybridized carbons (Fsp3) is 0.238. The number of hydrogen-bond acceptors (Lipinski definition) is 6. The number of aromatic nitrogens is 1. The van der Waals surface area contributed by atoms with Crippen molar-refractivity contribution >= 4 is 23.0 Å². The monoisotopic (exact) mass is 397 g/mol. The predicted octanol–water partition coefficient (Wildman–Crippen LogP) is 3.36. The van der Waals surface area contributed by atoms with Crippen LogP contribution in [0.15, 0.2) is 41.5 Å². The maximum Gasteiger partial charge on any atom is 0.287 e. The summed E-state index contributed by atoms with van der Waals surface area (Å²) in [7, 11) is 4.60. The molecule has 0 unspecified atom stereocenters. The van der Waals surface area contributed by atoms with Gasteiger partial charge in [0.1, 0.15) is 11.4 Å². The highest BCUT2D eigenvalue weighted by Crippen LogP contribution is 2.43. The van der Waals surface area contributed by atoms with Gasteiger partial charge in [-0.3, -0.25) is 4.79 Å². The van der Waals surface area contributed by atoms with Crippen LogP contribution >= 0.6 is 0 Å². The fourth-order valence-corrected chi connectivity index (χ4v) is 2.92. The topological polar surface area (TPSA) is 94.2 Å². The normalized spacial score (nSPS) is 10.9. The molecule has 152 valence electrons. The highest BCUT2D eigenvalue weighted by molar-refractivity contribution is 6.01. The molecular weight excluding hydrogens is 374 g/mol. The third-order valence-electron chi connectivity index (χ3n) is 4.24. The Morgan fingerprint density at radius 1 is 1.07 bits per heavy atom. The van der Waals surface area contributed by atoms with Gasteiger partial charge in [-0.05, 0) is 42.8 Å². The lowest BCUT2D eigenvalue weighted by atomic mass is 10.2. The summed E-state index contributed by atoms with van der Waals surface area (Å²) in [6, 6.07) is 10.8. The number of H-pyrrole nitrogens is 1. The van der Waals surface area contributed by atoms with Crippen LogP contribution in [0, 0.1) is 0 Å². The molecule has 0 aliphatic rings. The van der Waals surface area contributed by atoms with Crippen molar-refractivity contribution in [3.05, 3.63) is 47.7 Å². The van der Waals surface area contributed by atoms with Crippen molar-refractivity contribution in [2.24, 2.45) is 5.10 Å². The molecular formula is C21H23N3O5. The molecule has 2 aromatic carbocycles. The standard InChI is InChI=1S/C21H23N3O5/c1-5-29-14-8-6-13(7-9-14)12-22-24-21(25)17-10-15-16(23-17)11-18(26-2)20(28-4)19(15)27-3/h6-12,23H,5H2,1-4H3,(H,24,25)/b22-12+. The molecule has 0 aliphatic heterocycles. The third-order valence-corrected chi connectivity index (χ3v) is 4.24. The van der Waals surface area contributed by atoms with E-state index in [-0.39, 0.29) is 5.91 Å². The summed E-state index contributed by atoms with van der Waals surface area (Å²) >= 11 is 0. The van der Waals surface area contributed by atoms with E-state index in [0.29, 0.717) is 40.5 Å². The predicted molar refractivity (Wildman–Crippen MR) is 111 cm³/mol. The van der Waals surface area contributed by atoms with Crippen LogP contribution in [0.3, 0.4) is 0 Å². The first-order valence-corrected chi connectivity index (χ1v) is 8.99. The Bertz CT molecular complexity index is 1020. The van der Waals surface area contributed by atoms with Gasteiger partial charge in [-0.1, -0.05) is 0 Å². The second-order valence-corrected chi connectivity index (χ2v) is 5.99. The average Bonchev–Trinajstić information content (AvgIpc) is 3.17. The number of hydrazone groups is 1. The molecule has 3 rings (SSSR count). The molecule has 0 fully saturated rings. The van der Waals surface area contributed by atoms with Gasteiger partial charge in [0.15, 0.2) is 11.5 Å². The first-order valence-electron chi connectivity index (χ1n) is 8.99. The van der Waals surface area contributed by atoms with Crippen LogP contribution in [0.5, 0.6) is 23.0 Å². The lowest BCUT2D eigenvalue weighted by Gasteiger charge is -2.12. The number of carbonyl (C=O) groups excluding carboxylic acids is 1. The third kappa shape index (κ3) is 4.26. The van der Waals surface area contributed by atoms with E-state index in [1.807, 2.05) is 31.2 Å². The van der Waals surface area contributed by atoms with Gasteiger partial charge in [0.2, 0.25) is 5.75 Å². The highest BCUT2D eigenvalue weighted by Gasteiger charge is 2.19. The largest absolute Gasteiger partial charge is 0.494 e. The molecule has 0 radical (unpaired) electrons. The quantitative estimate of drug-likeness (QED) is 0.449. The Morgan fingerprint density at radius 3 is 2.41 bits per heavy atom. The maximum absolute atomic E-state index is 12.5. The molecule has 1 heterocycles. The number of nitrogens with one attached hydrogen (secondary N) is 2. The Labute approximate surface area is 168 Å². The summed E-state index contributed by atoms with van der Waals surface area (Å²) in [4.78, 5) is 15.5. The number of methoxy groups -OCH3 is 3. The second kappa shape index (κ2) is 9.01. The minimum absolute atomic E-state index is 0.331. The molecule has 8 nitrogen and oxygen atoms in total. The van der Waals surface area contributed by atoms with Crippen LogP contribution in [0.25, 0.3) is 10.9 Å². The van der Waals surface area contributed by atoms with Gasteiger partial charge in [-0.15, -0.1) is 0 Å². The molecule has 0 aliphatic carbocycles. The molecule has 8 heteroatoms. The number of carbonyl (C=O) groups is 1. The maximum atomic E-state index is 12.5. The lowest BCUT2D eigenvalue weighted by Crippen LogP contribution is -2.17. The van der Waals surface area contributed by atoms with Crippen molar-refractivity contribution < 1.29 is 23.7 Å². The Morgan fingerprint density at radius 2 is 1.79 bits per heavy atom. The zero-order valence-corrected chi connectivity index (χ0v) is 16.7. The van der Waals surface area contributed by atoms with Gasteiger partial charge in [0.25, 0.3) is 5.91 Å². The van der Waals surface area contributed by atoms with Crippen LogP contribution in [0.2, 0.25) is 0 Å². The van der Waals surface area contributed by atoms with Crippen LogP contribution < -0.4 is 24.4 Å². The highest BCUT2D eigenvalue weighted by atomic mass is 16.5. The van der Waals surface area contributed by atoms with E-state index < -0.39 is 0 Å². The van der Waals surface area contributed by atoms with Crippen molar-refractivity contribution in [3.8, 4) is 23.0 Å². The van der Waals surface area contributed by atoms with Gasteiger partial charge in [0, 0.05) is 11.5 Å². The molecule has 0 spiro atoms. The van der Waals surface area contributed by atoms with Crippen molar-refractivity contribution in [2.45, 2.75) is 6.92 Å². The molecule has 2 N–H and O–H groups in total. The summed E-state index contributed by atoms with van der Waals surface area (Å²) in [6.45, 7) is 2.53. The molecule has 0 saturated heterocycles. The van der Waals surface area contributed by atoms with E-state index in [1.165, 1.54) is 21.3 Å². The van der Waals surface area contributed by atoms with E-state index in [2.05, 4.69) is 15.5 Å². The zero-order valence-electron chi connectivity index (χ0n) is 16.7. The Hall–Kier alpha value is -3.68. The molecule has 0 saturated carbocycles. The van der Waals surface area contributed by atoms with Crippen LogP contribution in [-0.4, -0.2) is 45.0 Å². The zero-order chi connectivity index (χ0) is 20.8. The van der Waals surface area contributed by atoms with Crippen LogP contribution in [-0.2, 0) is 0 Å². The number of amides is 1. The van der Waals surface area contributed by atoms with Gasteiger partial charge >= 0.3 is 0 Å². The molecule has 29 heavy (non-hydrogen) atoms. The molecule has 0 bridgehead atoms. The molecule has 0 atom stereocenters. The number of benzene rings is 2. The number of rotatable bonds is 8. The van der Waals surface area contributed by atoms with Gasteiger partial charge in [0.05, 0.1) is 39.7 Å². The summed E-state index contributed by atoms with van der Waals surface area (Å²) in [5.41, 5.74) is 4.35. The van der Waals surface area contributed by atoms with Gasteiger partial charge in [-0.25, -0.2) is 5.43 Å². The summed E-state index contributed by atoms with van der Waals surface area (Å²) in [5.74, 6) is 1.84. The van der Waals surface area contributed by atoms with E-state index >= 15 is 0 Å². The molecule has 3 aromatic rings. The number of ether oxygens (including phenoxy) is 4. The fourth-order valence-electron chi connectivity index (χ4n) is 2.92. The summed E-state index contributed by atoms with van der Waals surface area (Å²) < 4.78 is 21.6. The van der Waals surface area contributed by atoms with E-state index in [4.69, 9.17) is 18.9 Å². The van der Waals surface area contributed by atoms with Crippen molar-refractivity contribution in [3.63, 3.8) is 0 Å². The van der Waals surface area contributed by atoms with Crippen molar-refractivity contribution in [2.75, 3.05) is 27.9 Å². The second-order valence-electron chi connectivity index (χ2n) is 5.99. The first kappa shape index (κ1) is 20.1.